The highest BCUT2D eigenvalue weighted by Crippen LogP contribution is 2.36. The van der Waals surface area contributed by atoms with Crippen molar-refractivity contribution in [2.75, 3.05) is 4.31 Å². The molecule has 2 aromatic rings. The average Bonchev–Trinajstić information content (AvgIpc) is 2.90. The summed E-state index contributed by atoms with van der Waals surface area (Å²) in [5, 5.41) is 0. The first-order valence-electron chi connectivity index (χ1n) is 7.18. The van der Waals surface area contributed by atoms with Crippen LogP contribution in [0.25, 0.3) is 0 Å². The molecule has 23 heavy (non-hydrogen) atoms. The number of sulfonamides is 1. The number of amides is 1. The van der Waals surface area contributed by atoms with Crippen LogP contribution in [0.2, 0.25) is 0 Å². The first kappa shape index (κ1) is 15.5. The van der Waals surface area contributed by atoms with Crippen LogP contribution < -0.4 is 15.6 Å². The van der Waals surface area contributed by atoms with E-state index in [1.165, 1.54) is 28.6 Å². The van der Waals surface area contributed by atoms with Crippen molar-refractivity contribution >= 4 is 21.6 Å². The zero-order chi connectivity index (χ0) is 16.6. The fourth-order valence-electron chi connectivity index (χ4n) is 2.88. The number of nitrogens with one attached hydrogen (secondary N) is 1. The van der Waals surface area contributed by atoms with Crippen LogP contribution in [0, 0.1) is 0 Å². The summed E-state index contributed by atoms with van der Waals surface area (Å²) in [6.45, 7) is 1.88. The normalized spacial score (nSPS) is 17.0. The monoisotopic (exact) mass is 331 g/mol. The van der Waals surface area contributed by atoms with Crippen molar-refractivity contribution in [3.8, 4) is 0 Å². The molecule has 1 unspecified atom stereocenters. The van der Waals surface area contributed by atoms with Gasteiger partial charge in [0.2, 0.25) is 0 Å². The number of nitrogens with zero attached hydrogens (tertiary/aromatic N) is 1. The first-order chi connectivity index (χ1) is 10.9. The van der Waals surface area contributed by atoms with Crippen LogP contribution in [-0.4, -0.2) is 20.4 Å². The Hall–Kier alpha value is -2.38. The van der Waals surface area contributed by atoms with E-state index in [9.17, 15) is 13.2 Å². The molecule has 3 rings (SSSR count). The Morgan fingerprint density at radius 1 is 1.17 bits per heavy atom. The van der Waals surface area contributed by atoms with Gasteiger partial charge < -0.3 is 0 Å². The maximum absolute atomic E-state index is 13.0. The number of nitrogens with two attached hydrogens (primary N) is 1. The molecule has 0 bridgehead atoms. The van der Waals surface area contributed by atoms with Crippen LogP contribution >= 0.6 is 0 Å². The zero-order valence-electron chi connectivity index (χ0n) is 12.6. The van der Waals surface area contributed by atoms with Gasteiger partial charge in [-0.3, -0.25) is 14.5 Å². The number of hydrogen-bond donors (Lipinski definition) is 2. The van der Waals surface area contributed by atoms with E-state index in [2.05, 4.69) is 0 Å². The second-order valence-electron chi connectivity index (χ2n) is 5.48. The Morgan fingerprint density at radius 2 is 1.83 bits per heavy atom. The highest BCUT2D eigenvalue weighted by Gasteiger charge is 2.35. The Bertz CT molecular complexity index is 847. The number of nitrogen functional groups attached to an aromatic ring is 1. The van der Waals surface area contributed by atoms with E-state index in [-0.39, 0.29) is 10.9 Å². The summed E-state index contributed by atoms with van der Waals surface area (Å²) in [7, 11) is -3.68. The summed E-state index contributed by atoms with van der Waals surface area (Å²) >= 11 is 0. The van der Waals surface area contributed by atoms with Gasteiger partial charge in [-0.25, -0.2) is 14.3 Å². The third-order valence-electron chi connectivity index (χ3n) is 3.95. The molecule has 2 aromatic carbocycles. The summed E-state index contributed by atoms with van der Waals surface area (Å²) in [6.07, 6.45) is 0.684. The molecule has 0 aliphatic carbocycles. The maximum Gasteiger partial charge on any atom is 0.265 e. The van der Waals surface area contributed by atoms with Gasteiger partial charge in [0.05, 0.1) is 10.6 Å². The van der Waals surface area contributed by atoms with Crippen LogP contribution in [0.3, 0.4) is 0 Å². The number of carbonyl (C=O) groups is 1. The van der Waals surface area contributed by atoms with Crippen molar-refractivity contribution in [1.29, 1.82) is 0 Å². The van der Waals surface area contributed by atoms with Crippen LogP contribution in [0.5, 0.6) is 0 Å². The van der Waals surface area contributed by atoms with Gasteiger partial charge in [-0.2, -0.15) is 0 Å². The Kier molecular flexibility index (Phi) is 3.83. The highest BCUT2D eigenvalue weighted by atomic mass is 32.2. The van der Waals surface area contributed by atoms with Crippen LogP contribution in [-0.2, 0) is 16.4 Å². The fraction of sp³-hybridized carbons (Fsp3) is 0.188. The van der Waals surface area contributed by atoms with Crippen molar-refractivity contribution in [3.05, 3.63) is 59.7 Å². The van der Waals surface area contributed by atoms with E-state index < -0.39 is 15.9 Å². The van der Waals surface area contributed by atoms with Gasteiger partial charge in [-0.1, -0.05) is 18.2 Å². The predicted molar refractivity (Wildman–Crippen MR) is 87.4 cm³/mol. The third-order valence-corrected chi connectivity index (χ3v) is 5.89. The molecule has 7 heteroatoms. The smallest absolute Gasteiger partial charge is 0.265 e. The molecule has 1 aliphatic rings. The third kappa shape index (κ3) is 2.58. The standard InChI is InChI=1S/C16H17N3O3S/c1-11-10-13-4-2-3-5-15(13)19(11)23(21,22)14-8-6-12(7-9-14)16(20)18-17/h2-9,11H,10,17H2,1H3,(H,18,20). The van der Waals surface area contributed by atoms with Gasteiger partial charge in [-0.15, -0.1) is 0 Å². The maximum atomic E-state index is 13.0. The van der Waals surface area contributed by atoms with Crippen LogP contribution in [0.4, 0.5) is 5.69 Å². The molecule has 1 amide bonds. The van der Waals surface area contributed by atoms with Crippen molar-refractivity contribution in [2.24, 2.45) is 5.84 Å². The molecule has 1 heterocycles. The number of benzene rings is 2. The number of hydrazine groups is 1. The largest absolute Gasteiger partial charge is 0.290 e. The first-order valence-corrected chi connectivity index (χ1v) is 8.62. The van der Waals surface area contributed by atoms with E-state index in [0.717, 1.165) is 5.56 Å². The van der Waals surface area contributed by atoms with Crippen molar-refractivity contribution in [1.82, 2.24) is 5.43 Å². The fourth-order valence-corrected chi connectivity index (χ4v) is 4.57. The molecule has 120 valence electrons. The van der Waals surface area contributed by atoms with Crippen molar-refractivity contribution in [3.63, 3.8) is 0 Å². The molecule has 1 atom stereocenters. The molecular weight excluding hydrogens is 314 g/mol. The minimum Gasteiger partial charge on any atom is -0.290 e. The molecule has 0 radical (unpaired) electrons. The summed E-state index contributed by atoms with van der Waals surface area (Å²) in [5.41, 5.74) is 4.05. The Labute approximate surface area is 134 Å². The molecule has 0 spiro atoms. The number of rotatable bonds is 3. The van der Waals surface area contributed by atoms with E-state index in [4.69, 9.17) is 5.84 Å². The molecular formula is C16H17N3O3S. The number of hydrogen-bond acceptors (Lipinski definition) is 4. The van der Waals surface area contributed by atoms with Crippen molar-refractivity contribution < 1.29 is 13.2 Å². The van der Waals surface area contributed by atoms with Crippen LogP contribution in [0.15, 0.2) is 53.4 Å². The van der Waals surface area contributed by atoms with Gasteiger partial charge in [0.25, 0.3) is 15.9 Å². The highest BCUT2D eigenvalue weighted by molar-refractivity contribution is 7.92. The van der Waals surface area contributed by atoms with Gasteiger partial charge in [-0.05, 0) is 49.2 Å². The van der Waals surface area contributed by atoms with Crippen LogP contribution in [0.1, 0.15) is 22.8 Å². The summed E-state index contributed by atoms with van der Waals surface area (Å²) in [4.78, 5) is 11.6. The molecule has 0 saturated heterocycles. The average molecular weight is 331 g/mol. The van der Waals surface area contributed by atoms with Gasteiger partial charge >= 0.3 is 0 Å². The second-order valence-corrected chi connectivity index (χ2v) is 7.30. The summed E-state index contributed by atoms with van der Waals surface area (Å²) in [6, 6.07) is 13.1. The Morgan fingerprint density at radius 3 is 2.48 bits per heavy atom. The lowest BCUT2D eigenvalue weighted by Crippen LogP contribution is -2.35. The second kappa shape index (κ2) is 5.68. The van der Waals surface area contributed by atoms with E-state index in [1.807, 2.05) is 36.6 Å². The molecule has 0 saturated carbocycles. The minimum absolute atomic E-state index is 0.148. The molecule has 3 N–H and O–H groups in total. The minimum atomic E-state index is -3.68. The topological polar surface area (TPSA) is 92.5 Å². The van der Waals surface area contributed by atoms with E-state index in [1.54, 1.807) is 0 Å². The zero-order valence-corrected chi connectivity index (χ0v) is 13.4. The lowest BCUT2D eigenvalue weighted by atomic mass is 10.1. The molecule has 0 fully saturated rings. The summed E-state index contributed by atoms with van der Waals surface area (Å²) < 4.78 is 27.4. The number of fused-ring (bicyclic) bond motifs is 1. The van der Waals surface area contributed by atoms with Gasteiger partial charge in [0, 0.05) is 11.6 Å². The molecule has 6 nitrogen and oxygen atoms in total. The number of anilines is 1. The van der Waals surface area contributed by atoms with Gasteiger partial charge in [0.1, 0.15) is 0 Å². The Balaban J connectivity index is 2.01. The molecule has 1 aliphatic heterocycles. The number of carbonyl (C=O) groups excluding carboxylic acids is 1. The number of para-hydroxylation sites is 1. The summed E-state index contributed by atoms with van der Waals surface area (Å²) in [5.74, 6) is 4.61. The van der Waals surface area contributed by atoms with Crippen molar-refractivity contribution in [2.45, 2.75) is 24.3 Å². The van der Waals surface area contributed by atoms with Gasteiger partial charge in [0.15, 0.2) is 0 Å². The van der Waals surface area contributed by atoms with E-state index >= 15 is 0 Å². The quantitative estimate of drug-likeness (QED) is 0.505. The lowest BCUT2D eigenvalue weighted by Gasteiger charge is -2.24. The lowest BCUT2D eigenvalue weighted by molar-refractivity contribution is 0.0953. The predicted octanol–water partition coefficient (Wildman–Crippen LogP) is 1.43. The SMILES string of the molecule is CC1Cc2ccccc2N1S(=O)(=O)c1ccc(C(=O)NN)cc1. The molecule has 0 aromatic heterocycles. The van der Waals surface area contributed by atoms with E-state index in [0.29, 0.717) is 17.7 Å².